The quantitative estimate of drug-likeness (QED) is 0.827. The maximum Gasteiger partial charge on any atom is 0.280 e. The van der Waals surface area contributed by atoms with Crippen molar-refractivity contribution >= 4 is 17.4 Å². The number of amides is 1. The molecule has 0 saturated carbocycles. The van der Waals surface area contributed by atoms with E-state index in [1.807, 2.05) is 21.4 Å². The Morgan fingerprint density at radius 2 is 2.11 bits per heavy atom. The SMILES string of the molecule is CCn1nc(N2CCCc3cnc(C(F)F)cc32)c2c1CCN(C(C)=O)C2. The second kappa shape index (κ2) is 6.90. The first-order valence-electron chi connectivity index (χ1n) is 9.38. The number of aromatic nitrogens is 3. The molecule has 0 radical (unpaired) electrons. The van der Waals surface area contributed by atoms with E-state index in [9.17, 15) is 13.6 Å². The number of fused-ring (bicyclic) bond motifs is 2. The highest BCUT2D eigenvalue weighted by molar-refractivity contribution is 5.75. The number of rotatable bonds is 3. The Morgan fingerprint density at radius 3 is 2.81 bits per heavy atom. The Kier molecular flexibility index (Phi) is 4.57. The minimum Gasteiger partial charge on any atom is -0.338 e. The predicted molar refractivity (Wildman–Crippen MR) is 97.2 cm³/mol. The molecule has 0 atom stereocenters. The first kappa shape index (κ1) is 17.9. The van der Waals surface area contributed by atoms with Crippen LogP contribution in [0.15, 0.2) is 12.3 Å². The summed E-state index contributed by atoms with van der Waals surface area (Å²) in [5.41, 5.74) is 3.68. The molecule has 2 aromatic heterocycles. The number of carbonyl (C=O) groups is 1. The van der Waals surface area contributed by atoms with E-state index in [0.717, 1.165) is 54.1 Å². The standard InChI is InChI=1S/C19H23F2N5O/c1-3-26-16-6-8-24(12(2)27)11-14(16)19(23-26)25-7-4-5-13-10-22-15(18(20)21)9-17(13)25/h9-10,18H,3-8,11H2,1-2H3. The molecular weight excluding hydrogens is 352 g/mol. The van der Waals surface area contributed by atoms with Crippen LogP contribution in [0.25, 0.3) is 0 Å². The second-order valence-corrected chi connectivity index (χ2v) is 7.05. The topological polar surface area (TPSA) is 54.3 Å². The van der Waals surface area contributed by atoms with E-state index in [2.05, 4.69) is 4.98 Å². The number of anilines is 2. The third-order valence-electron chi connectivity index (χ3n) is 5.44. The van der Waals surface area contributed by atoms with Crippen molar-refractivity contribution in [2.24, 2.45) is 0 Å². The average Bonchev–Trinajstić information content (AvgIpc) is 3.04. The molecule has 8 heteroatoms. The number of nitrogens with zero attached hydrogens (tertiary/aromatic N) is 5. The molecule has 2 aliphatic heterocycles. The van der Waals surface area contributed by atoms with Crippen molar-refractivity contribution in [2.75, 3.05) is 18.0 Å². The molecule has 144 valence electrons. The first-order chi connectivity index (χ1) is 13.0. The van der Waals surface area contributed by atoms with Crippen LogP contribution in [0.2, 0.25) is 0 Å². The molecule has 0 unspecified atom stereocenters. The molecule has 0 aromatic carbocycles. The van der Waals surface area contributed by atoms with E-state index in [4.69, 9.17) is 5.10 Å². The van der Waals surface area contributed by atoms with Crippen molar-refractivity contribution in [1.29, 1.82) is 0 Å². The Morgan fingerprint density at radius 1 is 1.30 bits per heavy atom. The van der Waals surface area contributed by atoms with Crippen molar-refractivity contribution in [1.82, 2.24) is 19.7 Å². The van der Waals surface area contributed by atoms with Crippen molar-refractivity contribution in [2.45, 2.75) is 52.6 Å². The van der Waals surface area contributed by atoms with Gasteiger partial charge >= 0.3 is 0 Å². The molecule has 2 aliphatic rings. The third kappa shape index (κ3) is 3.07. The molecule has 0 saturated heterocycles. The highest BCUT2D eigenvalue weighted by Crippen LogP contribution is 2.38. The minimum atomic E-state index is -2.60. The van der Waals surface area contributed by atoms with Gasteiger partial charge in [0.25, 0.3) is 6.43 Å². The molecule has 0 fully saturated rings. The molecule has 4 heterocycles. The summed E-state index contributed by atoms with van der Waals surface area (Å²) in [7, 11) is 0. The number of aryl methyl sites for hydroxylation is 2. The summed E-state index contributed by atoms with van der Waals surface area (Å²) in [6.45, 7) is 6.26. The van der Waals surface area contributed by atoms with Crippen molar-refractivity contribution < 1.29 is 13.6 Å². The van der Waals surface area contributed by atoms with Crippen LogP contribution < -0.4 is 4.90 Å². The zero-order valence-electron chi connectivity index (χ0n) is 15.6. The Labute approximate surface area is 156 Å². The molecule has 6 nitrogen and oxygen atoms in total. The van der Waals surface area contributed by atoms with Crippen LogP contribution in [0.3, 0.4) is 0 Å². The number of hydrogen-bond acceptors (Lipinski definition) is 4. The number of pyridine rings is 1. The maximum atomic E-state index is 13.2. The minimum absolute atomic E-state index is 0.0408. The van der Waals surface area contributed by atoms with E-state index < -0.39 is 6.43 Å². The second-order valence-electron chi connectivity index (χ2n) is 7.05. The number of hydrogen-bond donors (Lipinski definition) is 0. The van der Waals surface area contributed by atoms with E-state index >= 15 is 0 Å². The summed E-state index contributed by atoms with van der Waals surface area (Å²) >= 11 is 0. The van der Waals surface area contributed by atoms with Crippen LogP contribution >= 0.6 is 0 Å². The lowest BCUT2D eigenvalue weighted by Gasteiger charge is -2.32. The smallest absolute Gasteiger partial charge is 0.280 e. The molecular formula is C19H23F2N5O. The van der Waals surface area contributed by atoms with Crippen molar-refractivity contribution in [3.8, 4) is 0 Å². The normalized spacial score (nSPS) is 16.5. The largest absolute Gasteiger partial charge is 0.338 e. The van der Waals surface area contributed by atoms with Gasteiger partial charge in [-0.3, -0.25) is 14.5 Å². The molecule has 2 aromatic rings. The molecule has 1 amide bonds. The van der Waals surface area contributed by atoms with E-state index in [1.54, 1.807) is 13.1 Å². The summed E-state index contributed by atoms with van der Waals surface area (Å²) in [4.78, 5) is 19.6. The summed E-state index contributed by atoms with van der Waals surface area (Å²) in [5.74, 6) is 0.823. The van der Waals surface area contributed by atoms with E-state index in [0.29, 0.717) is 19.6 Å². The van der Waals surface area contributed by atoms with Gasteiger partial charge in [0, 0.05) is 56.1 Å². The lowest BCUT2D eigenvalue weighted by atomic mass is 10.0. The van der Waals surface area contributed by atoms with Crippen LogP contribution in [0, 0.1) is 0 Å². The Hall–Kier alpha value is -2.51. The first-order valence-corrected chi connectivity index (χ1v) is 9.38. The Bertz CT molecular complexity index is 879. The summed E-state index contributed by atoms with van der Waals surface area (Å²) in [5, 5.41) is 4.80. The maximum absolute atomic E-state index is 13.2. The zero-order valence-corrected chi connectivity index (χ0v) is 15.6. The highest BCUT2D eigenvalue weighted by atomic mass is 19.3. The lowest BCUT2D eigenvalue weighted by molar-refractivity contribution is -0.129. The van der Waals surface area contributed by atoms with Crippen LogP contribution in [0.5, 0.6) is 0 Å². The van der Waals surface area contributed by atoms with Gasteiger partial charge in [-0.05, 0) is 31.4 Å². The van der Waals surface area contributed by atoms with Gasteiger partial charge in [0.05, 0.1) is 6.54 Å². The van der Waals surface area contributed by atoms with Crippen LogP contribution in [0.4, 0.5) is 20.3 Å². The Balaban J connectivity index is 1.80. The van der Waals surface area contributed by atoms with Gasteiger partial charge in [-0.25, -0.2) is 8.78 Å². The number of halogens is 2. The molecule has 0 bridgehead atoms. The van der Waals surface area contributed by atoms with Crippen molar-refractivity contribution in [3.63, 3.8) is 0 Å². The lowest BCUT2D eigenvalue weighted by Crippen LogP contribution is -2.35. The molecule has 4 rings (SSSR count). The summed E-state index contributed by atoms with van der Waals surface area (Å²) in [6.07, 6.45) is 1.45. The molecule has 0 N–H and O–H groups in total. The number of alkyl halides is 2. The van der Waals surface area contributed by atoms with Crippen molar-refractivity contribution in [3.05, 3.63) is 34.8 Å². The van der Waals surface area contributed by atoms with Crippen LogP contribution in [0.1, 0.15) is 49.2 Å². The van der Waals surface area contributed by atoms with E-state index in [-0.39, 0.29) is 11.6 Å². The fraction of sp³-hybridized carbons (Fsp3) is 0.526. The highest BCUT2D eigenvalue weighted by Gasteiger charge is 2.31. The van der Waals surface area contributed by atoms with Gasteiger partial charge in [0.2, 0.25) is 5.91 Å². The van der Waals surface area contributed by atoms with E-state index in [1.165, 1.54) is 6.07 Å². The number of carbonyl (C=O) groups excluding carboxylic acids is 1. The molecule has 27 heavy (non-hydrogen) atoms. The van der Waals surface area contributed by atoms with Crippen LogP contribution in [-0.2, 0) is 30.7 Å². The monoisotopic (exact) mass is 375 g/mol. The van der Waals surface area contributed by atoms with Gasteiger partial charge in [0.1, 0.15) is 5.69 Å². The van der Waals surface area contributed by atoms with Crippen LogP contribution in [-0.4, -0.2) is 38.7 Å². The summed E-state index contributed by atoms with van der Waals surface area (Å²) in [6, 6.07) is 1.49. The average molecular weight is 375 g/mol. The summed E-state index contributed by atoms with van der Waals surface area (Å²) < 4.78 is 28.4. The van der Waals surface area contributed by atoms with Gasteiger partial charge in [-0.15, -0.1) is 0 Å². The zero-order chi connectivity index (χ0) is 19.1. The van der Waals surface area contributed by atoms with Gasteiger partial charge in [0.15, 0.2) is 5.82 Å². The van der Waals surface area contributed by atoms with Gasteiger partial charge < -0.3 is 9.80 Å². The fourth-order valence-electron chi connectivity index (χ4n) is 4.04. The fourth-order valence-corrected chi connectivity index (χ4v) is 4.04. The predicted octanol–water partition coefficient (Wildman–Crippen LogP) is 3.22. The molecule has 0 aliphatic carbocycles. The third-order valence-corrected chi connectivity index (χ3v) is 5.44. The molecule has 0 spiro atoms. The van der Waals surface area contributed by atoms with Gasteiger partial charge in [-0.1, -0.05) is 0 Å². The van der Waals surface area contributed by atoms with Gasteiger partial charge in [-0.2, -0.15) is 5.10 Å².